The van der Waals surface area contributed by atoms with Crippen molar-refractivity contribution < 1.29 is 56.8 Å². The van der Waals surface area contributed by atoms with Crippen LogP contribution in [0.25, 0.3) is 0 Å². The Kier molecular flexibility index (Phi) is 21.5. The molecule has 0 radical (unpaired) electrons. The highest BCUT2D eigenvalue weighted by Gasteiger charge is 2.57. The third kappa shape index (κ3) is 15.0. The molecule has 0 spiro atoms. The van der Waals surface area contributed by atoms with Crippen LogP contribution in [0.5, 0.6) is 0 Å². The number of rotatable bonds is 11. The van der Waals surface area contributed by atoms with Gasteiger partial charge in [0.05, 0.1) is 30.5 Å². The van der Waals surface area contributed by atoms with Crippen LogP contribution in [-0.4, -0.2) is 133 Å². The molecule has 2 bridgehead atoms. The van der Waals surface area contributed by atoms with Gasteiger partial charge in [0.15, 0.2) is 16.6 Å². The number of esters is 1. The van der Waals surface area contributed by atoms with Gasteiger partial charge in [-0.05, 0) is 132 Å². The Morgan fingerprint density at radius 1 is 0.817 bits per heavy atom. The topological polar surface area (TPSA) is 156 Å². The van der Waals surface area contributed by atoms with Crippen molar-refractivity contribution in [2.24, 2.45) is 29.6 Å². The van der Waals surface area contributed by atoms with Crippen molar-refractivity contribution in [3.05, 3.63) is 36.0 Å². The molecular weight excluding hydrogens is 935 g/mol. The minimum Gasteiger partial charge on any atom is -0.456 e. The van der Waals surface area contributed by atoms with E-state index in [-0.39, 0.29) is 65.7 Å². The van der Waals surface area contributed by atoms with Crippen LogP contribution in [0.3, 0.4) is 0 Å². The van der Waals surface area contributed by atoms with Crippen LogP contribution in [0.4, 0.5) is 0 Å². The van der Waals surface area contributed by atoms with Gasteiger partial charge in [-0.2, -0.15) is 0 Å². The summed E-state index contributed by atoms with van der Waals surface area (Å²) in [5, 5.41) is 12.1. The lowest BCUT2D eigenvalue weighted by Gasteiger charge is -2.47. The Hall–Kier alpha value is -2.35. The number of nitrogens with zero attached hydrogens (tertiary/aromatic N) is 1. The van der Waals surface area contributed by atoms with Gasteiger partial charge in [0.2, 0.25) is 5.79 Å². The number of piperidine rings is 1. The first-order valence-corrected chi connectivity index (χ1v) is 32.6. The van der Waals surface area contributed by atoms with E-state index in [1.54, 1.807) is 34.3 Å². The third-order valence-electron chi connectivity index (χ3n) is 17.3. The number of cyclic esters (lactones) is 1. The van der Waals surface area contributed by atoms with E-state index in [4.69, 9.17) is 32.5 Å². The summed E-state index contributed by atoms with van der Waals surface area (Å²) in [6.45, 7) is 36.1. The van der Waals surface area contributed by atoms with Crippen LogP contribution in [-0.2, 0) is 51.7 Å². The molecule has 3 aliphatic heterocycles. The molecule has 4 aliphatic rings. The number of aliphatic hydroxyl groups is 1. The molecule has 0 aromatic carbocycles. The average Bonchev–Trinajstić information content (AvgIpc) is 3.28. The molecule has 71 heavy (non-hydrogen) atoms. The minimum absolute atomic E-state index is 0.0114. The maximum atomic E-state index is 15.0. The van der Waals surface area contributed by atoms with Crippen molar-refractivity contribution in [3.8, 4) is 0 Å². The monoisotopic (exact) mass is 1030 g/mol. The number of amides is 1. The zero-order valence-corrected chi connectivity index (χ0v) is 49.3. The number of carbonyl (C=O) groups is 4. The van der Waals surface area contributed by atoms with E-state index in [9.17, 15) is 19.5 Å². The molecule has 0 aromatic heterocycles. The SMILES string of the molecule is C=CC[C@H]1/C=C(/C)C[C@@H](C)C[C@@H](OC)[C@H]2O[C@@](O)(C(=O)C(=O)N3CCCC[C@H]3C(=O)O[C@H](/C(C)=C/[C@@H]3CC[C@@H](O[Si](C)(C)C(C)(C)C)[C@H](OC)C3)[C@H](C)[C@@H](O[Si](C)(C)C(C)(C)C)CC1=O)[C@H](C)C[C@@H]2OC. The van der Waals surface area contributed by atoms with Crippen molar-refractivity contribution in [2.75, 3.05) is 27.9 Å². The first-order chi connectivity index (χ1) is 32.9. The lowest BCUT2D eigenvalue weighted by molar-refractivity contribution is -0.302. The zero-order valence-electron chi connectivity index (χ0n) is 47.3. The molecule has 3 fully saturated rings. The van der Waals surface area contributed by atoms with E-state index in [1.165, 1.54) is 4.90 Å². The molecule has 13 nitrogen and oxygen atoms in total. The van der Waals surface area contributed by atoms with Gasteiger partial charge in [0.1, 0.15) is 24.0 Å². The summed E-state index contributed by atoms with van der Waals surface area (Å²) in [7, 11) is 0.207. The molecule has 2 saturated heterocycles. The Bertz CT molecular complexity index is 1900. The van der Waals surface area contributed by atoms with E-state index in [0.29, 0.717) is 38.5 Å². The number of carbonyl (C=O) groups excluding carboxylic acids is 4. The smallest absolute Gasteiger partial charge is 0.329 e. The summed E-state index contributed by atoms with van der Waals surface area (Å²) in [4.78, 5) is 60.4. The fourth-order valence-corrected chi connectivity index (χ4v) is 13.6. The molecule has 1 N–H and O–H groups in total. The molecule has 1 amide bonds. The van der Waals surface area contributed by atoms with Crippen molar-refractivity contribution in [1.82, 2.24) is 4.90 Å². The molecule has 15 heteroatoms. The van der Waals surface area contributed by atoms with Crippen molar-refractivity contribution in [2.45, 2.75) is 238 Å². The largest absolute Gasteiger partial charge is 0.456 e. The van der Waals surface area contributed by atoms with Crippen molar-refractivity contribution in [3.63, 3.8) is 0 Å². The second-order valence-electron chi connectivity index (χ2n) is 25.0. The summed E-state index contributed by atoms with van der Waals surface area (Å²) in [6.07, 6.45) is 7.96. The number of hydrogen-bond acceptors (Lipinski definition) is 12. The van der Waals surface area contributed by atoms with Gasteiger partial charge in [-0.1, -0.05) is 86.1 Å². The summed E-state index contributed by atoms with van der Waals surface area (Å²) in [5.41, 5.74) is 1.83. The molecule has 0 aromatic rings. The highest BCUT2D eigenvalue weighted by molar-refractivity contribution is 6.74. The number of allylic oxidation sites excluding steroid dienone is 4. The molecule has 1 saturated carbocycles. The van der Waals surface area contributed by atoms with Crippen LogP contribution >= 0.6 is 0 Å². The standard InChI is InChI=1S/C56H97NO12Si2/c1-20-23-41-29-35(2)28-36(3)30-47(64-14)50-48(65-15)32-38(5)56(62,67-50)51(59)52(60)57-27-22-21-24-42(57)53(61)66-49(39(6)45(34-43(41)58)69-71(18,19)55(10,11)12)37(4)31-40-25-26-44(46(33-40)63-13)68-70(16,17)54(7,8)9/h20,29,31,36,38-42,44-50,62H,1,21-28,30,32-34H2,2-19H3/b35-29-,37-31+/t36-,38-,39-,40+,41+,42+,44-,45+,46-,47-,48+,49-,50-,56-/m1/s1. The van der Waals surface area contributed by atoms with E-state index in [1.807, 2.05) is 20.8 Å². The second kappa shape index (κ2) is 25.0. The zero-order chi connectivity index (χ0) is 53.6. The Morgan fingerprint density at radius 3 is 1.96 bits per heavy atom. The fraction of sp³-hybridized carbons (Fsp3) is 0.821. The summed E-state index contributed by atoms with van der Waals surface area (Å²) in [6, 6.07) is -1.11. The molecule has 4 rings (SSSR count). The van der Waals surface area contributed by atoms with Crippen molar-refractivity contribution in [1.29, 1.82) is 0 Å². The number of fused-ring (bicyclic) bond motifs is 3. The van der Waals surface area contributed by atoms with Gasteiger partial charge < -0.3 is 42.5 Å². The lowest BCUT2D eigenvalue weighted by Crippen LogP contribution is -2.64. The van der Waals surface area contributed by atoms with E-state index in [2.05, 4.69) is 93.4 Å². The van der Waals surface area contributed by atoms with Crippen LogP contribution in [0.2, 0.25) is 36.3 Å². The quantitative estimate of drug-likeness (QED) is 0.0906. The average molecular weight is 1030 g/mol. The van der Waals surface area contributed by atoms with Crippen LogP contribution in [0.15, 0.2) is 36.0 Å². The second-order valence-corrected chi connectivity index (χ2v) is 34.5. The fourth-order valence-electron chi connectivity index (χ4n) is 10.8. The minimum atomic E-state index is -2.56. The first-order valence-electron chi connectivity index (χ1n) is 26.7. The van der Waals surface area contributed by atoms with E-state index >= 15 is 4.79 Å². The summed E-state index contributed by atoms with van der Waals surface area (Å²) < 4.78 is 45.4. The van der Waals surface area contributed by atoms with Gasteiger partial charge in [-0.3, -0.25) is 14.4 Å². The number of ether oxygens (including phenoxy) is 5. The normalized spacial score (nSPS) is 36.3. The van der Waals surface area contributed by atoms with E-state index in [0.717, 1.165) is 24.0 Å². The first kappa shape index (κ1) is 61.2. The van der Waals surface area contributed by atoms with Gasteiger partial charge in [0, 0.05) is 52.0 Å². The Morgan fingerprint density at radius 2 is 1.39 bits per heavy atom. The predicted molar refractivity (Wildman–Crippen MR) is 285 cm³/mol. The van der Waals surface area contributed by atoms with Crippen LogP contribution < -0.4 is 0 Å². The number of Topliss-reactive ketones (excluding diaryl/α,β-unsaturated/α-hetero) is 2. The van der Waals surface area contributed by atoms with Crippen LogP contribution in [0.1, 0.15) is 147 Å². The van der Waals surface area contributed by atoms with Gasteiger partial charge in [-0.25, -0.2) is 4.79 Å². The van der Waals surface area contributed by atoms with E-state index < -0.39 is 94.4 Å². The van der Waals surface area contributed by atoms with Crippen LogP contribution in [0, 0.1) is 29.6 Å². The number of methoxy groups -OCH3 is 3. The van der Waals surface area contributed by atoms with Crippen molar-refractivity contribution >= 4 is 40.1 Å². The molecule has 1 aliphatic carbocycles. The van der Waals surface area contributed by atoms with Gasteiger partial charge in [0.25, 0.3) is 11.7 Å². The molecular formula is C56H97NO12Si2. The molecule has 3 heterocycles. The highest BCUT2D eigenvalue weighted by atomic mass is 28.4. The maximum absolute atomic E-state index is 15.0. The Balaban J connectivity index is 1.89. The lowest BCUT2D eigenvalue weighted by atomic mass is 9.81. The number of hydrogen-bond donors (Lipinski definition) is 1. The summed E-state index contributed by atoms with van der Waals surface area (Å²) >= 11 is 0. The highest BCUT2D eigenvalue weighted by Crippen LogP contribution is 2.44. The molecule has 0 unspecified atom stereocenters. The maximum Gasteiger partial charge on any atom is 0.329 e. The predicted octanol–water partition coefficient (Wildman–Crippen LogP) is 10.7. The molecule has 14 atom stereocenters. The van der Waals surface area contributed by atoms with Gasteiger partial charge in [-0.15, -0.1) is 6.58 Å². The van der Waals surface area contributed by atoms with Gasteiger partial charge >= 0.3 is 5.97 Å². The molecule has 406 valence electrons. The Labute approximate surface area is 431 Å². The third-order valence-corrected chi connectivity index (χ3v) is 26.3. The number of ketones is 2. The summed E-state index contributed by atoms with van der Waals surface area (Å²) in [5.74, 6) is -6.99.